The molecule has 0 aliphatic heterocycles. The number of furan rings is 2. The second-order valence-corrected chi connectivity index (χ2v) is 3.68. The van der Waals surface area contributed by atoms with Crippen LogP contribution in [0.1, 0.15) is 34.8 Å². The van der Waals surface area contributed by atoms with Gasteiger partial charge in [0, 0.05) is 0 Å². The van der Waals surface area contributed by atoms with Crippen LogP contribution in [0.25, 0.3) is 0 Å². The number of carboxylic acids is 1. The fourth-order valence-electron chi connectivity index (χ4n) is 1.55. The van der Waals surface area contributed by atoms with Crippen LogP contribution in [0.5, 0.6) is 0 Å². The summed E-state index contributed by atoms with van der Waals surface area (Å²) < 4.78 is 10.4. The van der Waals surface area contributed by atoms with Gasteiger partial charge in [-0.1, -0.05) is 0 Å². The molecule has 0 aromatic carbocycles. The smallest absolute Gasteiger partial charge is 0.339 e. The van der Waals surface area contributed by atoms with Crippen molar-refractivity contribution in [1.82, 2.24) is 5.32 Å². The lowest BCUT2D eigenvalue weighted by molar-refractivity contribution is 0.0694. The number of aromatic carboxylic acids is 1. The van der Waals surface area contributed by atoms with Crippen molar-refractivity contribution in [3.8, 4) is 0 Å². The van der Waals surface area contributed by atoms with Crippen molar-refractivity contribution in [2.24, 2.45) is 0 Å². The summed E-state index contributed by atoms with van der Waals surface area (Å²) in [6.45, 7) is 2.28. The van der Waals surface area contributed by atoms with Crippen LogP contribution in [0.15, 0.2) is 39.6 Å². The molecule has 2 aromatic rings. The predicted molar refractivity (Wildman–Crippen MR) is 59.6 cm³/mol. The zero-order valence-corrected chi connectivity index (χ0v) is 9.34. The van der Waals surface area contributed by atoms with Gasteiger partial charge in [0.1, 0.15) is 17.1 Å². The van der Waals surface area contributed by atoms with E-state index in [1.54, 1.807) is 6.26 Å². The minimum atomic E-state index is -0.985. The Morgan fingerprint density at radius 1 is 1.41 bits per heavy atom. The number of nitrogens with one attached hydrogen (secondary N) is 1. The first-order valence-corrected chi connectivity index (χ1v) is 5.25. The maximum absolute atomic E-state index is 10.8. The van der Waals surface area contributed by atoms with Gasteiger partial charge in [-0.25, -0.2) is 4.79 Å². The zero-order chi connectivity index (χ0) is 12.3. The molecule has 0 radical (unpaired) electrons. The van der Waals surface area contributed by atoms with E-state index in [1.807, 2.05) is 19.1 Å². The summed E-state index contributed by atoms with van der Waals surface area (Å²) >= 11 is 0. The van der Waals surface area contributed by atoms with E-state index in [2.05, 4.69) is 5.32 Å². The van der Waals surface area contributed by atoms with Crippen molar-refractivity contribution in [1.29, 1.82) is 0 Å². The molecular weight excluding hydrogens is 222 g/mol. The van der Waals surface area contributed by atoms with Crippen LogP contribution in [0.3, 0.4) is 0 Å². The molecule has 2 rings (SSSR count). The molecule has 1 unspecified atom stereocenters. The van der Waals surface area contributed by atoms with Gasteiger partial charge in [0.2, 0.25) is 0 Å². The lowest BCUT2D eigenvalue weighted by atomic mass is 10.2. The normalized spacial score (nSPS) is 12.5. The highest BCUT2D eigenvalue weighted by Gasteiger charge is 2.15. The number of hydrogen-bond acceptors (Lipinski definition) is 4. The second-order valence-electron chi connectivity index (χ2n) is 3.68. The Kier molecular flexibility index (Phi) is 3.30. The summed E-state index contributed by atoms with van der Waals surface area (Å²) in [5.41, 5.74) is 0.184. The Bertz CT molecular complexity index is 486. The minimum absolute atomic E-state index is 0.00301. The van der Waals surface area contributed by atoms with Gasteiger partial charge >= 0.3 is 5.97 Å². The summed E-state index contributed by atoms with van der Waals surface area (Å²) in [6.07, 6.45) is 2.97. The number of hydrogen-bond donors (Lipinski definition) is 2. The Hall–Kier alpha value is -2.01. The van der Waals surface area contributed by atoms with Crippen LogP contribution in [0, 0.1) is 0 Å². The van der Waals surface area contributed by atoms with Crippen LogP contribution in [0.4, 0.5) is 0 Å². The van der Waals surface area contributed by atoms with Gasteiger partial charge in [0.15, 0.2) is 0 Å². The Balaban J connectivity index is 1.98. The van der Waals surface area contributed by atoms with E-state index in [0.717, 1.165) is 5.76 Å². The third-order valence-corrected chi connectivity index (χ3v) is 2.51. The molecule has 2 aromatic heterocycles. The summed E-state index contributed by atoms with van der Waals surface area (Å²) in [4.78, 5) is 10.8. The molecule has 0 aliphatic carbocycles. The maximum Gasteiger partial charge on any atom is 0.339 e. The molecule has 0 aliphatic rings. The molecule has 17 heavy (non-hydrogen) atoms. The van der Waals surface area contributed by atoms with Crippen LogP contribution >= 0.6 is 0 Å². The van der Waals surface area contributed by atoms with Gasteiger partial charge in [0.05, 0.1) is 25.1 Å². The number of rotatable bonds is 5. The second kappa shape index (κ2) is 4.88. The van der Waals surface area contributed by atoms with Crippen molar-refractivity contribution in [3.63, 3.8) is 0 Å². The Labute approximate surface area is 98.0 Å². The third-order valence-electron chi connectivity index (χ3n) is 2.51. The molecule has 0 saturated carbocycles. The summed E-state index contributed by atoms with van der Waals surface area (Å²) in [5.74, 6) is 0.227. The highest BCUT2D eigenvalue weighted by molar-refractivity contribution is 5.88. The largest absolute Gasteiger partial charge is 0.478 e. The van der Waals surface area contributed by atoms with Crippen molar-refractivity contribution >= 4 is 5.97 Å². The van der Waals surface area contributed by atoms with Crippen LogP contribution in [-0.2, 0) is 6.54 Å². The maximum atomic E-state index is 10.8. The average molecular weight is 235 g/mol. The van der Waals surface area contributed by atoms with Gasteiger partial charge in [0.25, 0.3) is 0 Å². The first-order valence-electron chi connectivity index (χ1n) is 5.25. The van der Waals surface area contributed by atoms with Crippen molar-refractivity contribution in [2.45, 2.75) is 19.5 Å². The predicted octanol–water partition coefficient (Wildman–Crippen LogP) is 2.42. The van der Waals surface area contributed by atoms with E-state index in [4.69, 9.17) is 13.9 Å². The van der Waals surface area contributed by atoms with E-state index in [-0.39, 0.29) is 11.6 Å². The molecule has 1 atom stereocenters. The lowest BCUT2D eigenvalue weighted by Crippen LogP contribution is -2.18. The molecule has 0 fully saturated rings. The van der Waals surface area contributed by atoms with Crippen LogP contribution in [-0.4, -0.2) is 11.1 Å². The molecule has 5 nitrogen and oxygen atoms in total. The molecule has 0 saturated heterocycles. The molecule has 2 N–H and O–H groups in total. The summed E-state index contributed by atoms with van der Waals surface area (Å²) in [6, 6.07) is 5.11. The van der Waals surface area contributed by atoms with Gasteiger partial charge in [-0.05, 0) is 25.1 Å². The molecule has 0 bridgehead atoms. The molecule has 90 valence electrons. The van der Waals surface area contributed by atoms with Gasteiger partial charge in [-0.3, -0.25) is 0 Å². The van der Waals surface area contributed by atoms with Crippen molar-refractivity contribution < 1.29 is 18.7 Å². The third kappa shape index (κ3) is 2.57. The van der Waals surface area contributed by atoms with Crippen molar-refractivity contribution in [3.05, 3.63) is 47.8 Å². The van der Waals surface area contributed by atoms with E-state index < -0.39 is 5.97 Å². The zero-order valence-electron chi connectivity index (χ0n) is 9.34. The van der Waals surface area contributed by atoms with E-state index in [0.29, 0.717) is 12.3 Å². The van der Waals surface area contributed by atoms with E-state index in [1.165, 1.54) is 12.3 Å². The van der Waals surface area contributed by atoms with Gasteiger partial charge in [-0.15, -0.1) is 0 Å². The first kappa shape index (κ1) is 11.5. The molecule has 5 heteroatoms. The van der Waals surface area contributed by atoms with Crippen LogP contribution in [0.2, 0.25) is 0 Å². The number of carbonyl (C=O) groups is 1. The summed E-state index contributed by atoms with van der Waals surface area (Å²) in [5, 5.41) is 12.0. The highest BCUT2D eigenvalue weighted by atomic mass is 16.4. The topological polar surface area (TPSA) is 75.6 Å². The highest BCUT2D eigenvalue weighted by Crippen LogP contribution is 2.15. The van der Waals surface area contributed by atoms with Gasteiger partial charge < -0.3 is 19.3 Å². The molecule has 2 heterocycles. The molecule has 0 spiro atoms. The van der Waals surface area contributed by atoms with Crippen LogP contribution < -0.4 is 5.32 Å². The average Bonchev–Trinajstić information content (AvgIpc) is 2.96. The summed E-state index contributed by atoms with van der Waals surface area (Å²) in [7, 11) is 0. The lowest BCUT2D eigenvalue weighted by Gasteiger charge is -2.10. The number of carboxylic acid groups (broad SMARTS) is 1. The molecule has 0 amide bonds. The standard InChI is InChI=1S/C12H13NO4/c1-8(10-3-2-5-16-10)13-7-11-9(12(14)15)4-6-17-11/h2-6,8,13H,7H2,1H3,(H,14,15). The minimum Gasteiger partial charge on any atom is -0.478 e. The fraction of sp³-hybridized carbons (Fsp3) is 0.250. The fourth-order valence-corrected chi connectivity index (χ4v) is 1.55. The molecular formula is C12H13NO4. The Morgan fingerprint density at radius 2 is 2.24 bits per heavy atom. The monoisotopic (exact) mass is 235 g/mol. The first-order chi connectivity index (χ1) is 8.18. The van der Waals surface area contributed by atoms with Crippen molar-refractivity contribution in [2.75, 3.05) is 0 Å². The SMILES string of the molecule is CC(NCc1occc1C(=O)O)c1ccco1. The van der Waals surface area contributed by atoms with E-state index in [9.17, 15) is 4.79 Å². The quantitative estimate of drug-likeness (QED) is 0.832. The van der Waals surface area contributed by atoms with Gasteiger partial charge in [-0.2, -0.15) is 0 Å². The van der Waals surface area contributed by atoms with E-state index >= 15 is 0 Å². The Morgan fingerprint density at radius 3 is 2.88 bits per heavy atom.